The first kappa shape index (κ1) is 55.2. The van der Waals surface area contributed by atoms with Crippen LogP contribution in [0, 0.1) is 0 Å². The minimum atomic E-state index is -0.114. The second-order valence-electron chi connectivity index (χ2n) is 15.8. The number of nitrogens with zero attached hydrogens (tertiary/aromatic N) is 2. The largest absolute Gasteiger partial charge is 0.364 e. The molecule has 0 amide bonds. The number of rotatable bonds is 20. The molecule has 0 aromatic heterocycles. The Bertz CT molecular complexity index is 2520. The number of nitrogens with one attached hydrogen (secondary N) is 1. The second-order valence-corrected chi connectivity index (χ2v) is 15.8. The first-order chi connectivity index (χ1) is 33.2. The van der Waals surface area contributed by atoms with Crippen LogP contribution in [0.2, 0.25) is 0 Å². The zero-order valence-corrected chi connectivity index (χ0v) is 42.6. The third-order valence-corrected chi connectivity index (χ3v) is 11.0. The van der Waals surface area contributed by atoms with E-state index in [2.05, 4.69) is 227 Å². The monoisotopic (exact) mass is 900 g/mol. The summed E-state index contributed by atoms with van der Waals surface area (Å²) >= 11 is 0. The average Bonchev–Trinajstić information content (AvgIpc) is 3.65. The number of allylic oxidation sites excluding steroid dienone is 20. The normalized spacial score (nSPS) is 14.2. The number of hydrogen-bond donors (Lipinski definition) is 1. The van der Waals surface area contributed by atoms with Gasteiger partial charge in [-0.1, -0.05) is 241 Å². The van der Waals surface area contributed by atoms with Crippen molar-refractivity contribution in [2.45, 2.75) is 93.7 Å². The molecule has 1 atom stereocenters. The van der Waals surface area contributed by atoms with E-state index in [0.29, 0.717) is 0 Å². The summed E-state index contributed by atoms with van der Waals surface area (Å²) in [6.07, 6.45) is 38.4. The molecule has 352 valence electrons. The third-order valence-electron chi connectivity index (χ3n) is 11.0. The molecule has 0 bridgehead atoms. The average molecular weight is 900 g/mol. The zero-order chi connectivity index (χ0) is 49.4. The molecule has 5 rings (SSSR count). The summed E-state index contributed by atoms with van der Waals surface area (Å²) in [6, 6.07) is 38.1. The Hall–Kier alpha value is -7.10. The Labute approximate surface area is 412 Å². The highest BCUT2D eigenvalue weighted by Crippen LogP contribution is 2.28. The van der Waals surface area contributed by atoms with Gasteiger partial charge in [-0.2, -0.15) is 0 Å². The van der Waals surface area contributed by atoms with Gasteiger partial charge in [-0.3, -0.25) is 9.98 Å². The van der Waals surface area contributed by atoms with Crippen LogP contribution >= 0.6 is 0 Å². The van der Waals surface area contributed by atoms with Crippen molar-refractivity contribution in [3.05, 3.63) is 264 Å². The predicted molar refractivity (Wildman–Crippen MR) is 304 cm³/mol. The highest BCUT2D eigenvalue weighted by molar-refractivity contribution is 5.99. The summed E-state index contributed by atoms with van der Waals surface area (Å²) < 4.78 is 0. The van der Waals surface area contributed by atoms with Crippen molar-refractivity contribution in [1.82, 2.24) is 5.32 Å². The maximum Gasteiger partial charge on any atom is 0.122 e. The summed E-state index contributed by atoms with van der Waals surface area (Å²) in [6.45, 7) is 24.7. The molecule has 3 heteroatoms. The summed E-state index contributed by atoms with van der Waals surface area (Å²) in [5, 5.41) is 3.76. The molecule has 0 spiro atoms. The smallest absolute Gasteiger partial charge is 0.122 e. The van der Waals surface area contributed by atoms with E-state index >= 15 is 0 Å². The highest BCUT2D eigenvalue weighted by Gasteiger charge is 2.12. The Kier molecular flexibility index (Phi) is 26.4. The SMILES string of the molecule is C=C/C=C\C=C/CC(/N=C(\C)c1ccc(C2=CCC=CC(C(/C=C\C)=C/CC(=C)c3ccccc3)=C2)cc1)NC(=C/CC)/C(=C/C=C\C)CC.CC.CN=C(C)c1ccc(-c2ccccc2)cc1. The van der Waals surface area contributed by atoms with Crippen LogP contribution in [0.4, 0.5) is 0 Å². The maximum atomic E-state index is 5.22. The van der Waals surface area contributed by atoms with E-state index < -0.39 is 0 Å². The number of aliphatic imine (C=N–C) groups is 2. The first-order valence-corrected chi connectivity index (χ1v) is 24.4. The van der Waals surface area contributed by atoms with Gasteiger partial charge >= 0.3 is 0 Å². The molecule has 68 heavy (non-hydrogen) atoms. The first-order valence-electron chi connectivity index (χ1n) is 24.4. The molecule has 4 aromatic carbocycles. The van der Waals surface area contributed by atoms with Gasteiger partial charge in [0, 0.05) is 30.6 Å². The topological polar surface area (TPSA) is 36.8 Å². The molecule has 0 heterocycles. The lowest BCUT2D eigenvalue weighted by molar-refractivity contribution is 0.597. The van der Waals surface area contributed by atoms with E-state index in [9.17, 15) is 0 Å². The van der Waals surface area contributed by atoms with Crippen LogP contribution in [-0.2, 0) is 0 Å². The van der Waals surface area contributed by atoms with Crippen molar-refractivity contribution >= 4 is 22.6 Å². The fraction of sp³-hybridized carbons (Fsp3) is 0.231. The van der Waals surface area contributed by atoms with Crippen molar-refractivity contribution in [1.29, 1.82) is 0 Å². The number of benzene rings is 4. The predicted octanol–water partition coefficient (Wildman–Crippen LogP) is 18.0. The molecule has 1 aliphatic rings. The lowest BCUT2D eigenvalue weighted by atomic mass is 9.96. The summed E-state index contributed by atoms with van der Waals surface area (Å²) in [5.74, 6) is 0. The van der Waals surface area contributed by atoms with Crippen LogP contribution in [-0.4, -0.2) is 24.6 Å². The van der Waals surface area contributed by atoms with E-state index in [0.717, 1.165) is 60.4 Å². The molecule has 0 aliphatic heterocycles. The molecular weight excluding hydrogens is 823 g/mol. The Morgan fingerprint density at radius 3 is 1.96 bits per heavy atom. The van der Waals surface area contributed by atoms with E-state index in [-0.39, 0.29) is 6.17 Å². The second kappa shape index (κ2) is 32.6. The molecule has 0 fully saturated rings. The summed E-state index contributed by atoms with van der Waals surface area (Å²) in [4.78, 5) is 9.40. The van der Waals surface area contributed by atoms with Crippen LogP contribution in [0.1, 0.15) is 110 Å². The van der Waals surface area contributed by atoms with Gasteiger partial charge in [-0.15, -0.1) is 0 Å². The highest BCUT2D eigenvalue weighted by atomic mass is 15.1. The molecule has 1 N–H and O–H groups in total. The minimum Gasteiger partial charge on any atom is -0.364 e. The molecular formula is C65H77N3. The van der Waals surface area contributed by atoms with Gasteiger partial charge in [0.25, 0.3) is 0 Å². The fourth-order valence-corrected chi connectivity index (χ4v) is 7.26. The van der Waals surface area contributed by atoms with Gasteiger partial charge in [-0.25, -0.2) is 0 Å². The quantitative estimate of drug-likeness (QED) is 0.0696. The van der Waals surface area contributed by atoms with E-state index in [4.69, 9.17) is 4.99 Å². The lowest BCUT2D eigenvalue weighted by Gasteiger charge is -2.20. The van der Waals surface area contributed by atoms with Crippen molar-refractivity contribution in [3.8, 4) is 11.1 Å². The minimum absolute atomic E-state index is 0.114. The van der Waals surface area contributed by atoms with Gasteiger partial charge in [0.05, 0.1) is 0 Å². The van der Waals surface area contributed by atoms with Crippen molar-refractivity contribution in [3.63, 3.8) is 0 Å². The molecule has 3 nitrogen and oxygen atoms in total. The number of hydrogen-bond acceptors (Lipinski definition) is 3. The fourth-order valence-electron chi connectivity index (χ4n) is 7.26. The third kappa shape index (κ3) is 19.0. The molecule has 0 saturated carbocycles. The van der Waals surface area contributed by atoms with Crippen LogP contribution < -0.4 is 5.32 Å². The Morgan fingerprint density at radius 2 is 1.35 bits per heavy atom. The van der Waals surface area contributed by atoms with Crippen LogP contribution in [0.3, 0.4) is 0 Å². The van der Waals surface area contributed by atoms with Crippen molar-refractivity contribution in [2.24, 2.45) is 9.98 Å². The van der Waals surface area contributed by atoms with Crippen LogP contribution in [0.5, 0.6) is 0 Å². The van der Waals surface area contributed by atoms with Gasteiger partial charge < -0.3 is 5.32 Å². The Balaban J connectivity index is 0.000000565. The van der Waals surface area contributed by atoms with Crippen LogP contribution in [0.25, 0.3) is 22.3 Å². The zero-order valence-electron chi connectivity index (χ0n) is 42.6. The molecule has 0 saturated heterocycles. The van der Waals surface area contributed by atoms with Crippen molar-refractivity contribution in [2.75, 3.05) is 7.05 Å². The van der Waals surface area contributed by atoms with Crippen LogP contribution in [0.15, 0.2) is 252 Å². The standard InChI is InChI=1S/C48H56N2.C15H15N.C2H6/c1-8-13-15-16-20-30-48(50-47(24-11-4)40(12-5)25-14-9-2)49-39(7)42-33-35-44(36-34-42)46-29-22-21-28-45(37-46)43(23-10-3)32-31-38(6)41-26-18-17-19-27-41;1-12(16-2)13-8-10-15(11-9-13)14-6-4-3-5-7-14;1-2/h8-10,13-21,23-29,32-37,48,50H,1,6,11-12,22,30-31H2,2-5,7H3;3-11H,1-2H3;1-2H3/b14-9-,15-13-,20-16-,23-10-,40-25+,43-32+,47-24+,49-39+;;. The van der Waals surface area contributed by atoms with E-state index in [1.165, 1.54) is 50.1 Å². The van der Waals surface area contributed by atoms with Gasteiger partial charge in [0.2, 0.25) is 0 Å². The van der Waals surface area contributed by atoms with Gasteiger partial charge in [0.15, 0.2) is 0 Å². The molecule has 1 unspecified atom stereocenters. The molecule has 0 radical (unpaired) electrons. The molecule has 1 aliphatic carbocycles. The van der Waals surface area contributed by atoms with Gasteiger partial charge in [0.1, 0.15) is 6.17 Å². The Morgan fingerprint density at radius 1 is 0.721 bits per heavy atom. The summed E-state index contributed by atoms with van der Waals surface area (Å²) in [5.41, 5.74) is 16.4. The van der Waals surface area contributed by atoms with Crippen molar-refractivity contribution < 1.29 is 0 Å². The van der Waals surface area contributed by atoms with Gasteiger partial charge in [-0.05, 0) is 121 Å². The maximum absolute atomic E-state index is 5.22. The van der Waals surface area contributed by atoms with E-state index in [1.54, 1.807) is 6.08 Å². The van der Waals surface area contributed by atoms with E-state index in [1.807, 2.05) is 59.0 Å². The summed E-state index contributed by atoms with van der Waals surface area (Å²) in [7, 11) is 1.82. The molecule has 4 aromatic rings. The lowest BCUT2D eigenvalue weighted by Crippen LogP contribution is -2.28.